The molecular formula is C12H19N5O2. The molecule has 0 radical (unpaired) electrons. The van der Waals surface area contributed by atoms with Crippen molar-refractivity contribution in [2.24, 2.45) is 5.92 Å². The van der Waals surface area contributed by atoms with Crippen LogP contribution in [0.15, 0.2) is 12.1 Å². The van der Waals surface area contributed by atoms with Crippen LogP contribution in [-0.4, -0.2) is 36.6 Å². The van der Waals surface area contributed by atoms with Gasteiger partial charge < -0.3 is 16.0 Å². The minimum absolute atomic E-state index is 0.0281. The van der Waals surface area contributed by atoms with Gasteiger partial charge in [0.05, 0.1) is 4.92 Å². The van der Waals surface area contributed by atoms with Crippen molar-refractivity contribution in [1.82, 2.24) is 10.3 Å². The van der Waals surface area contributed by atoms with Crippen molar-refractivity contribution >= 4 is 17.3 Å². The van der Waals surface area contributed by atoms with Gasteiger partial charge in [-0.15, -0.1) is 0 Å². The van der Waals surface area contributed by atoms with Crippen LogP contribution in [0.4, 0.5) is 17.3 Å². The van der Waals surface area contributed by atoms with Crippen molar-refractivity contribution in [3.8, 4) is 0 Å². The van der Waals surface area contributed by atoms with Crippen molar-refractivity contribution in [2.75, 3.05) is 37.3 Å². The molecule has 104 valence electrons. The number of pyridine rings is 1. The molecule has 1 aliphatic rings. The molecule has 0 aromatic carbocycles. The molecule has 7 heteroatoms. The summed E-state index contributed by atoms with van der Waals surface area (Å²) < 4.78 is 0. The molecule has 0 spiro atoms. The van der Waals surface area contributed by atoms with Crippen LogP contribution in [0.5, 0.6) is 0 Å². The van der Waals surface area contributed by atoms with Crippen LogP contribution in [0.25, 0.3) is 0 Å². The Bertz CT molecular complexity index is 459. The first-order valence-corrected chi connectivity index (χ1v) is 6.40. The van der Waals surface area contributed by atoms with Crippen molar-refractivity contribution in [3.63, 3.8) is 0 Å². The van der Waals surface area contributed by atoms with Gasteiger partial charge in [-0.25, -0.2) is 4.98 Å². The Morgan fingerprint density at radius 2 is 2.21 bits per heavy atom. The Labute approximate surface area is 112 Å². The van der Waals surface area contributed by atoms with E-state index in [2.05, 4.69) is 10.3 Å². The molecule has 1 fully saturated rings. The van der Waals surface area contributed by atoms with Crippen molar-refractivity contribution in [3.05, 3.63) is 22.2 Å². The van der Waals surface area contributed by atoms with E-state index in [0.717, 1.165) is 32.5 Å². The normalized spacial score (nSPS) is 16.3. The number of nitrogens with zero attached hydrogens (tertiary/aromatic N) is 3. The highest BCUT2D eigenvalue weighted by Gasteiger charge is 2.18. The molecule has 0 atom stereocenters. The molecule has 1 aromatic rings. The Balaban J connectivity index is 2.04. The van der Waals surface area contributed by atoms with E-state index in [1.54, 1.807) is 6.07 Å². The van der Waals surface area contributed by atoms with Crippen LogP contribution in [-0.2, 0) is 0 Å². The summed E-state index contributed by atoms with van der Waals surface area (Å²) in [5.41, 5.74) is 5.46. The number of hydrogen-bond donors (Lipinski definition) is 2. The van der Waals surface area contributed by atoms with E-state index in [4.69, 9.17) is 5.73 Å². The minimum atomic E-state index is -0.515. The van der Waals surface area contributed by atoms with E-state index in [0.29, 0.717) is 11.7 Å². The molecule has 19 heavy (non-hydrogen) atoms. The zero-order chi connectivity index (χ0) is 13.8. The summed E-state index contributed by atoms with van der Waals surface area (Å²) in [4.78, 5) is 16.3. The van der Waals surface area contributed by atoms with Crippen LogP contribution in [0.2, 0.25) is 0 Å². The third kappa shape index (κ3) is 3.31. The molecule has 0 aliphatic carbocycles. The summed E-state index contributed by atoms with van der Waals surface area (Å²) >= 11 is 0. The number of nitrogens with one attached hydrogen (secondary N) is 1. The smallest absolute Gasteiger partial charge is 0.311 e. The Morgan fingerprint density at radius 1 is 1.53 bits per heavy atom. The number of nitrogen functional groups attached to an aromatic ring is 1. The zero-order valence-electron chi connectivity index (χ0n) is 11.0. The van der Waals surface area contributed by atoms with Crippen molar-refractivity contribution < 1.29 is 4.92 Å². The number of hydrogen-bond acceptors (Lipinski definition) is 6. The maximum absolute atomic E-state index is 10.7. The van der Waals surface area contributed by atoms with Crippen LogP contribution in [0, 0.1) is 16.0 Å². The lowest BCUT2D eigenvalue weighted by Gasteiger charge is -2.28. The summed E-state index contributed by atoms with van der Waals surface area (Å²) in [5.74, 6) is 1.28. The van der Waals surface area contributed by atoms with Gasteiger partial charge in [0.2, 0.25) is 5.82 Å². The summed E-state index contributed by atoms with van der Waals surface area (Å²) in [6.45, 7) is 2.99. The average molecular weight is 265 g/mol. The fourth-order valence-corrected chi connectivity index (χ4v) is 2.37. The van der Waals surface area contributed by atoms with E-state index in [9.17, 15) is 10.1 Å². The number of nitro groups is 1. The molecule has 1 saturated heterocycles. The fraction of sp³-hybridized carbons (Fsp3) is 0.583. The van der Waals surface area contributed by atoms with Gasteiger partial charge in [0.15, 0.2) is 0 Å². The monoisotopic (exact) mass is 265 g/mol. The molecular weight excluding hydrogens is 246 g/mol. The van der Waals surface area contributed by atoms with Crippen molar-refractivity contribution in [1.29, 1.82) is 0 Å². The maximum Gasteiger partial charge on any atom is 0.311 e. The third-order valence-corrected chi connectivity index (χ3v) is 3.47. The molecule has 3 N–H and O–H groups in total. The minimum Gasteiger partial charge on any atom is -0.378 e. The van der Waals surface area contributed by atoms with Crippen LogP contribution in [0.3, 0.4) is 0 Å². The summed E-state index contributed by atoms with van der Waals surface area (Å²) in [5, 5.41) is 14.0. The van der Waals surface area contributed by atoms with Gasteiger partial charge >= 0.3 is 5.69 Å². The number of rotatable bonds is 4. The van der Waals surface area contributed by atoms with E-state index in [1.165, 1.54) is 6.07 Å². The lowest BCUT2D eigenvalue weighted by molar-refractivity contribution is -0.384. The predicted molar refractivity (Wildman–Crippen MR) is 74.2 cm³/mol. The highest BCUT2D eigenvalue weighted by Crippen LogP contribution is 2.23. The fourth-order valence-electron chi connectivity index (χ4n) is 2.37. The van der Waals surface area contributed by atoms with Crippen LogP contribution >= 0.6 is 0 Å². The average Bonchev–Trinajstić information content (AvgIpc) is 2.39. The van der Waals surface area contributed by atoms with Gasteiger partial charge in [0, 0.05) is 19.7 Å². The highest BCUT2D eigenvalue weighted by atomic mass is 16.6. The SMILES string of the molecule is CN(CC1CCNCC1)c1ccc([N+](=O)[O-])c(N)n1. The lowest BCUT2D eigenvalue weighted by atomic mass is 9.98. The van der Waals surface area contributed by atoms with Gasteiger partial charge in [0.25, 0.3) is 0 Å². The van der Waals surface area contributed by atoms with E-state index in [-0.39, 0.29) is 11.5 Å². The van der Waals surface area contributed by atoms with E-state index >= 15 is 0 Å². The quantitative estimate of drug-likeness (QED) is 0.623. The van der Waals surface area contributed by atoms with E-state index < -0.39 is 4.92 Å². The predicted octanol–water partition coefficient (Wildman–Crippen LogP) is 1.01. The third-order valence-electron chi connectivity index (χ3n) is 3.47. The second-order valence-electron chi connectivity index (χ2n) is 4.90. The molecule has 2 heterocycles. The Kier molecular flexibility index (Phi) is 4.16. The largest absolute Gasteiger partial charge is 0.378 e. The first-order chi connectivity index (χ1) is 9.08. The van der Waals surface area contributed by atoms with Crippen LogP contribution < -0.4 is 16.0 Å². The number of anilines is 2. The summed E-state index contributed by atoms with van der Waals surface area (Å²) in [6.07, 6.45) is 2.29. The standard InChI is InChI=1S/C12H19N5O2/c1-16(8-9-4-6-14-7-5-9)11-3-2-10(17(18)19)12(13)15-11/h2-3,9,14H,4-8H2,1H3,(H2,13,15). The number of nitrogens with two attached hydrogens (primary N) is 1. The highest BCUT2D eigenvalue weighted by molar-refractivity contribution is 5.57. The topological polar surface area (TPSA) is 97.3 Å². The molecule has 1 aliphatic heterocycles. The second kappa shape index (κ2) is 5.83. The van der Waals surface area contributed by atoms with Gasteiger partial charge in [0.1, 0.15) is 5.82 Å². The Morgan fingerprint density at radius 3 is 2.79 bits per heavy atom. The Hall–Kier alpha value is -1.89. The second-order valence-corrected chi connectivity index (χ2v) is 4.90. The summed E-state index contributed by atoms with van der Waals surface area (Å²) in [6, 6.07) is 3.06. The number of aromatic nitrogens is 1. The first-order valence-electron chi connectivity index (χ1n) is 6.40. The van der Waals surface area contributed by atoms with Crippen LogP contribution in [0.1, 0.15) is 12.8 Å². The molecule has 7 nitrogen and oxygen atoms in total. The van der Waals surface area contributed by atoms with Crippen molar-refractivity contribution in [2.45, 2.75) is 12.8 Å². The van der Waals surface area contributed by atoms with Gasteiger partial charge in [-0.3, -0.25) is 10.1 Å². The molecule has 0 bridgehead atoms. The molecule has 0 saturated carbocycles. The van der Waals surface area contributed by atoms with Gasteiger partial charge in [-0.05, 0) is 37.9 Å². The van der Waals surface area contributed by atoms with Gasteiger partial charge in [-0.2, -0.15) is 0 Å². The zero-order valence-corrected chi connectivity index (χ0v) is 11.0. The maximum atomic E-state index is 10.7. The molecule has 0 unspecified atom stereocenters. The summed E-state index contributed by atoms with van der Waals surface area (Å²) in [7, 11) is 1.94. The first kappa shape index (κ1) is 13.5. The molecule has 1 aromatic heterocycles. The molecule has 2 rings (SSSR count). The molecule has 0 amide bonds. The van der Waals surface area contributed by atoms with Gasteiger partial charge in [-0.1, -0.05) is 0 Å². The lowest BCUT2D eigenvalue weighted by Crippen LogP contribution is -2.34. The number of piperidine rings is 1. The van der Waals surface area contributed by atoms with E-state index in [1.807, 2.05) is 11.9 Å².